The van der Waals surface area contributed by atoms with Gasteiger partial charge in [-0.05, 0) is 60.2 Å². The van der Waals surface area contributed by atoms with Crippen molar-refractivity contribution < 1.29 is 0 Å². The lowest BCUT2D eigenvalue weighted by Gasteiger charge is -2.72. The Kier molecular flexibility index (Phi) is 2.05. The number of fused-ring (bicyclic) bond motifs is 2. The Morgan fingerprint density at radius 2 is 1.87 bits per heavy atom. The predicted octanol–water partition coefficient (Wildman–Crippen LogP) is 4.35. The Balaban J connectivity index is 1.90. The molecule has 0 aromatic heterocycles. The van der Waals surface area contributed by atoms with Crippen LogP contribution in [0.25, 0.3) is 0 Å². The standard InChI is InChI=1S/C15H26/c1-9(2)11-7-8-15(4)12-6-5-10(3)14(15)13(11)12/h9-14H,5-8H2,1-4H3. The maximum Gasteiger partial charge on any atom is -0.0261 e. The molecule has 0 aromatic rings. The fourth-order valence-electron chi connectivity index (χ4n) is 5.80. The molecule has 0 aromatic carbocycles. The SMILES string of the molecule is CC(C)C1CCC2(C)C3CCC(C)C2C13. The summed E-state index contributed by atoms with van der Waals surface area (Å²) in [4.78, 5) is 0. The Morgan fingerprint density at radius 1 is 1.13 bits per heavy atom. The van der Waals surface area contributed by atoms with Crippen LogP contribution in [0.2, 0.25) is 0 Å². The van der Waals surface area contributed by atoms with Crippen LogP contribution in [0.1, 0.15) is 53.4 Å². The molecule has 86 valence electrons. The van der Waals surface area contributed by atoms with Crippen molar-refractivity contribution in [2.75, 3.05) is 0 Å². The van der Waals surface area contributed by atoms with Gasteiger partial charge < -0.3 is 0 Å². The van der Waals surface area contributed by atoms with Gasteiger partial charge in [0.2, 0.25) is 0 Å². The van der Waals surface area contributed by atoms with Crippen LogP contribution in [0.5, 0.6) is 0 Å². The minimum atomic E-state index is 0.772. The van der Waals surface area contributed by atoms with Gasteiger partial charge in [-0.15, -0.1) is 0 Å². The van der Waals surface area contributed by atoms with Gasteiger partial charge in [0, 0.05) is 0 Å². The van der Waals surface area contributed by atoms with Crippen LogP contribution in [0.4, 0.5) is 0 Å². The Labute approximate surface area is 94.8 Å². The van der Waals surface area contributed by atoms with Crippen LogP contribution < -0.4 is 0 Å². The van der Waals surface area contributed by atoms with Crippen LogP contribution >= 0.6 is 0 Å². The summed E-state index contributed by atoms with van der Waals surface area (Å²) in [6, 6.07) is 0. The van der Waals surface area contributed by atoms with Crippen molar-refractivity contribution in [3.05, 3.63) is 0 Å². The number of hydrogen-bond donors (Lipinski definition) is 0. The molecule has 4 saturated carbocycles. The molecular weight excluding hydrogens is 180 g/mol. The number of hydrogen-bond acceptors (Lipinski definition) is 0. The first-order chi connectivity index (χ1) is 7.05. The van der Waals surface area contributed by atoms with E-state index in [9.17, 15) is 0 Å². The third kappa shape index (κ3) is 1.09. The van der Waals surface area contributed by atoms with E-state index < -0.39 is 0 Å². The molecule has 0 nitrogen and oxygen atoms in total. The lowest BCUT2D eigenvalue weighted by Crippen LogP contribution is -2.66. The zero-order chi connectivity index (χ0) is 10.8. The summed E-state index contributed by atoms with van der Waals surface area (Å²) < 4.78 is 0. The fourth-order valence-corrected chi connectivity index (χ4v) is 5.80. The van der Waals surface area contributed by atoms with Crippen molar-refractivity contribution in [1.82, 2.24) is 0 Å². The predicted molar refractivity (Wildman–Crippen MR) is 64.5 cm³/mol. The van der Waals surface area contributed by atoms with Gasteiger partial charge in [0.1, 0.15) is 0 Å². The van der Waals surface area contributed by atoms with E-state index in [1.165, 1.54) is 19.3 Å². The van der Waals surface area contributed by atoms with E-state index in [1.54, 1.807) is 6.42 Å². The minimum Gasteiger partial charge on any atom is -0.0625 e. The lowest BCUT2D eigenvalue weighted by molar-refractivity contribution is -0.240. The number of rotatable bonds is 1. The lowest BCUT2D eigenvalue weighted by atomic mass is 9.32. The van der Waals surface area contributed by atoms with Gasteiger partial charge in [0.15, 0.2) is 0 Å². The molecule has 4 bridgehead atoms. The second-order valence-electron chi connectivity index (χ2n) is 7.22. The van der Waals surface area contributed by atoms with Crippen molar-refractivity contribution in [1.29, 1.82) is 0 Å². The first-order valence-corrected chi connectivity index (χ1v) is 7.05. The van der Waals surface area contributed by atoms with Crippen LogP contribution in [0.3, 0.4) is 0 Å². The Hall–Kier alpha value is 0. The van der Waals surface area contributed by atoms with E-state index in [0.717, 1.165) is 40.9 Å². The van der Waals surface area contributed by atoms with Crippen LogP contribution in [0, 0.1) is 40.9 Å². The summed E-state index contributed by atoms with van der Waals surface area (Å²) in [5.41, 5.74) is 0.772. The van der Waals surface area contributed by atoms with E-state index in [2.05, 4.69) is 27.7 Å². The van der Waals surface area contributed by atoms with Gasteiger partial charge in [-0.2, -0.15) is 0 Å². The van der Waals surface area contributed by atoms with E-state index in [4.69, 9.17) is 0 Å². The molecule has 0 radical (unpaired) electrons. The van der Waals surface area contributed by atoms with Crippen LogP contribution in [0.15, 0.2) is 0 Å². The normalized spacial score (nSPS) is 57.8. The highest BCUT2D eigenvalue weighted by Crippen LogP contribution is 2.73. The molecule has 0 saturated heterocycles. The molecule has 6 atom stereocenters. The molecule has 0 heteroatoms. The van der Waals surface area contributed by atoms with Crippen LogP contribution in [-0.2, 0) is 0 Å². The van der Waals surface area contributed by atoms with Gasteiger partial charge in [-0.1, -0.05) is 34.1 Å². The highest BCUT2D eigenvalue weighted by Gasteiger charge is 2.66. The van der Waals surface area contributed by atoms with Crippen molar-refractivity contribution in [3.63, 3.8) is 0 Å². The molecule has 0 N–H and O–H groups in total. The first-order valence-electron chi connectivity index (χ1n) is 7.05. The second-order valence-corrected chi connectivity index (χ2v) is 7.22. The maximum absolute atomic E-state index is 2.60. The van der Waals surface area contributed by atoms with Gasteiger partial charge in [-0.3, -0.25) is 0 Å². The first kappa shape index (κ1) is 10.2. The van der Waals surface area contributed by atoms with E-state index in [0.29, 0.717) is 0 Å². The molecule has 15 heavy (non-hydrogen) atoms. The third-order valence-corrected chi connectivity index (χ3v) is 6.40. The summed E-state index contributed by atoms with van der Waals surface area (Å²) in [6.45, 7) is 10.0. The van der Waals surface area contributed by atoms with Gasteiger partial charge >= 0.3 is 0 Å². The van der Waals surface area contributed by atoms with Gasteiger partial charge in [0.25, 0.3) is 0 Å². The molecule has 0 heterocycles. The molecule has 0 aliphatic heterocycles. The molecule has 0 spiro atoms. The largest absolute Gasteiger partial charge is 0.0625 e. The zero-order valence-electron chi connectivity index (χ0n) is 10.8. The topological polar surface area (TPSA) is 0 Å². The van der Waals surface area contributed by atoms with Gasteiger partial charge in [-0.25, -0.2) is 0 Å². The summed E-state index contributed by atoms with van der Waals surface area (Å²) in [5, 5.41) is 0. The molecule has 4 rings (SSSR count). The van der Waals surface area contributed by atoms with Crippen LogP contribution in [-0.4, -0.2) is 0 Å². The van der Waals surface area contributed by atoms with Crippen molar-refractivity contribution in [3.8, 4) is 0 Å². The summed E-state index contributed by atoms with van der Waals surface area (Å²) in [7, 11) is 0. The molecule has 6 unspecified atom stereocenters. The monoisotopic (exact) mass is 206 g/mol. The average molecular weight is 206 g/mol. The van der Waals surface area contributed by atoms with Crippen molar-refractivity contribution in [2.45, 2.75) is 53.4 Å². The summed E-state index contributed by atoms with van der Waals surface area (Å²) >= 11 is 0. The van der Waals surface area contributed by atoms with E-state index in [-0.39, 0.29) is 0 Å². The van der Waals surface area contributed by atoms with Crippen molar-refractivity contribution in [2.24, 2.45) is 40.9 Å². The smallest absolute Gasteiger partial charge is 0.0261 e. The molecule has 4 aliphatic carbocycles. The Bertz CT molecular complexity index is 263. The molecule has 4 aliphatic rings. The molecule has 0 amide bonds. The third-order valence-electron chi connectivity index (χ3n) is 6.40. The van der Waals surface area contributed by atoms with Crippen molar-refractivity contribution >= 4 is 0 Å². The summed E-state index contributed by atoms with van der Waals surface area (Å²) in [5.74, 6) is 6.33. The molecular formula is C15H26. The zero-order valence-corrected chi connectivity index (χ0v) is 10.8. The maximum atomic E-state index is 2.60. The Morgan fingerprint density at radius 3 is 2.47 bits per heavy atom. The van der Waals surface area contributed by atoms with E-state index in [1.807, 2.05) is 0 Å². The highest BCUT2D eigenvalue weighted by atomic mass is 14.7. The second kappa shape index (κ2) is 3.02. The molecule has 4 fully saturated rings. The fraction of sp³-hybridized carbons (Fsp3) is 1.00. The highest BCUT2D eigenvalue weighted by molar-refractivity contribution is 5.14. The van der Waals surface area contributed by atoms with Gasteiger partial charge in [0.05, 0.1) is 0 Å². The quantitative estimate of drug-likeness (QED) is 0.598. The van der Waals surface area contributed by atoms with E-state index >= 15 is 0 Å². The minimum absolute atomic E-state index is 0.772. The average Bonchev–Trinajstić information content (AvgIpc) is 2.17. The summed E-state index contributed by atoms with van der Waals surface area (Å²) in [6.07, 6.45) is 6.12.